The molecule has 6 nitrogen and oxygen atoms in total. The minimum absolute atomic E-state index is 0.0479. The molecule has 2 aromatic rings. The van der Waals surface area contributed by atoms with Gasteiger partial charge in [-0.25, -0.2) is 0 Å². The number of rotatable bonds is 6. The number of likely N-dealkylation sites (tertiary alicyclic amines) is 1. The van der Waals surface area contributed by atoms with E-state index >= 15 is 0 Å². The Kier molecular flexibility index (Phi) is 6.07. The third-order valence-electron chi connectivity index (χ3n) is 4.56. The van der Waals surface area contributed by atoms with Gasteiger partial charge in [0, 0.05) is 23.0 Å². The summed E-state index contributed by atoms with van der Waals surface area (Å²) in [4.78, 5) is 29.9. The van der Waals surface area contributed by atoms with Gasteiger partial charge in [0.25, 0.3) is 11.7 Å². The molecule has 1 saturated heterocycles. The zero-order valence-corrected chi connectivity index (χ0v) is 17.4. The second-order valence-electron chi connectivity index (χ2n) is 6.66. The second-order valence-corrected chi connectivity index (χ2v) is 8.07. The molecule has 8 heteroatoms. The third-order valence-corrected chi connectivity index (χ3v) is 5.72. The molecule has 0 saturated carbocycles. The molecule has 1 aromatic carbocycles. The van der Waals surface area contributed by atoms with Crippen LogP contribution in [0, 0.1) is 0 Å². The number of aliphatic hydroxyl groups is 1. The summed E-state index contributed by atoms with van der Waals surface area (Å²) in [5.41, 5.74) is 0.328. The van der Waals surface area contributed by atoms with E-state index in [0.29, 0.717) is 23.9 Å². The van der Waals surface area contributed by atoms with Crippen molar-refractivity contribution in [1.29, 1.82) is 0 Å². The largest absolute Gasteiger partial charge is 0.507 e. The summed E-state index contributed by atoms with van der Waals surface area (Å²) < 4.78 is 5.31. The van der Waals surface area contributed by atoms with Crippen LogP contribution in [0.25, 0.3) is 5.76 Å². The number of methoxy groups -OCH3 is 1. The molecule has 1 N–H and O–H groups in total. The predicted octanol–water partition coefficient (Wildman–Crippen LogP) is 3.39. The van der Waals surface area contributed by atoms with E-state index in [1.807, 2.05) is 36.5 Å². The number of ether oxygens (including phenoxy) is 1. The van der Waals surface area contributed by atoms with Crippen molar-refractivity contribution in [2.75, 3.05) is 34.3 Å². The lowest BCUT2D eigenvalue weighted by molar-refractivity contribution is -0.140. The molecule has 28 heavy (non-hydrogen) atoms. The van der Waals surface area contributed by atoms with Crippen molar-refractivity contribution in [3.05, 3.63) is 56.7 Å². The molecule has 1 aromatic heterocycles. The standard InChI is InChI=1S/C20H21ClN2O4S/c1-22(2)8-9-23-17(15-5-4-10-28-15)16(19(25)20(23)26)18(24)13-11-12(21)6-7-14(13)27-3/h4-7,10-11,17,24H,8-9H2,1-3H3/b18-16-. The average molecular weight is 421 g/mol. The summed E-state index contributed by atoms with van der Waals surface area (Å²) in [5, 5.41) is 13.3. The molecule has 0 spiro atoms. The molecular weight excluding hydrogens is 400 g/mol. The summed E-state index contributed by atoms with van der Waals surface area (Å²) in [6.07, 6.45) is 0. The van der Waals surface area contributed by atoms with Crippen LogP contribution >= 0.6 is 22.9 Å². The van der Waals surface area contributed by atoms with E-state index in [4.69, 9.17) is 16.3 Å². The van der Waals surface area contributed by atoms with E-state index < -0.39 is 17.7 Å². The Labute approximate surface area is 172 Å². The summed E-state index contributed by atoms with van der Waals surface area (Å²) >= 11 is 7.51. The van der Waals surface area contributed by atoms with Crippen molar-refractivity contribution in [2.24, 2.45) is 0 Å². The van der Waals surface area contributed by atoms with Crippen molar-refractivity contribution < 1.29 is 19.4 Å². The van der Waals surface area contributed by atoms with Gasteiger partial charge < -0.3 is 19.6 Å². The molecular formula is C20H21ClN2O4S. The molecule has 3 rings (SSSR count). The maximum Gasteiger partial charge on any atom is 0.295 e. The molecule has 0 aliphatic carbocycles. The molecule has 1 unspecified atom stereocenters. The first-order chi connectivity index (χ1) is 13.3. The molecule has 148 valence electrons. The monoisotopic (exact) mass is 420 g/mol. The van der Waals surface area contributed by atoms with Crippen molar-refractivity contribution in [1.82, 2.24) is 9.80 Å². The van der Waals surface area contributed by atoms with Crippen LogP contribution in [0.2, 0.25) is 5.02 Å². The molecule has 1 aliphatic rings. The number of hydrogen-bond donors (Lipinski definition) is 1. The van der Waals surface area contributed by atoms with Crippen LogP contribution in [-0.2, 0) is 9.59 Å². The summed E-state index contributed by atoms with van der Waals surface area (Å²) in [6.45, 7) is 0.957. The molecule has 1 atom stereocenters. The number of benzene rings is 1. The summed E-state index contributed by atoms with van der Waals surface area (Å²) in [5.74, 6) is -1.26. The van der Waals surface area contributed by atoms with Crippen molar-refractivity contribution >= 4 is 40.4 Å². The number of thiophene rings is 1. The van der Waals surface area contributed by atoms with Gasteiger partial charge in [-0.15, -0.1) is 11.3 Å². The van der Waals surface area contributed by atoms with Gasteiger partial charge in [-0.05, 0) is 43.7 Å². The van der Waals surface area contributed by atoms with Gasteiger partial charge in [0.1, 0.15) is 11.5 Å². The van der Waals surface area contributed by atoms with Crippen LogP contribution in [0.3, 0.4) is 0 Å². The van der Waals surface area contributed by atoms with Gasteiger partial charge in [0.2, 0.25) is 0 Å². The van der Waals surface area contributed by atoms with E-state index in [2.05, 4.69) is 0 Å². The number of amides is 1. The number of nitrogens with zero attached hydrogens (tertiary/aromatic N) is 2. The summed E-state index contributed by atoms with van der Waals surface area (Å²) in [7, 11) is 5.26. The Morgan fingerprint density at radius 2 is 2.07 bits per heavy atom. The topological polar surface area (TPSA) is 70.1 Å². The number of carbonyl (C=O) groups excluding carboxylic acids is 2. The number of aliphatic hydroxyl groups excluding tert-OH is 1. The van der Waals surface area contributed by atoms with Crippen LogP contribution in [0.1, 0.15) is 16.5 Å². The fourth-order valence-electron chi connectivity index (χ4n) is 3.17. The zero-order valence-electron chi connectivity index (χ0n) is 15.8. The minimum Gasteiger partial charge on any atom is -0.507 e. The van der Waals surface area contributed by atoms with Crippen LogP contribution in [-0.4, -0.2) is 60.9 Å². The fraction of sp³-hybridized carbons (Fsp3) is 0.300. The SMILES string of the molecule is COc1ccc(Cl)cc1/C(O)=C1/C(=O)C(=O)N(CCN(C)C)C1c1cccs1. The van der Waals surface area contributed by atoms with Gasteiger partial charge in [0.15, 0.2) is 0 Å². The Balaban J connectivity index is 2.17. The van der Waals surface area contributed by atoms with Crippen molar-refractivity contribution in [2.45, 2.75) is 6.04 Å². The lowest BCUT2D eigenvalue weighted by Gasteiger charge is -2.25. The minimum atomic E-state index is -0.711. The first-order valence-corrected chi connectivity index (χ1v) is 9.91. The quantitative estimate of drug-likeness (QED) is 0.440. The van der Waals surface area contributed by atoms with Crippen LogP contribution < -0.4 is 4.74 Å². The van der Waals surface area contributed by atoms with Gasteiger partial charge in [-0.2, -0.15) is 0 Å². The second kappa shape index (κ2) is 8.34. The van der Waals surface area contributed by atoms with E-state index in [-0.39, 0.29) is 16.9 Å². The number of halogens is 1. The number of ketones is 1. The number of Topliss-reactive ketones (excluding diaryl/α,β-unsaturated/α-hetero) is 1. The highest BCUT2D eigenvalue weighted by Gasteiger charge is 2.46. The van der Waals surface area contributed by atoms with E-state index in [9.17, 15) is 14.7 Å². The highest BCUT2D eigenvalue weighted by molar-refractivity contribution is 7.10. The first kappa shape index (κ1) is 20.4. The van der Waals surface area contributed by atoms with E-state index in [1.54, 1.807) is 12.1 Å². The average Bonchev–Trinajstić information content (AvgIpc) is 3.27. The van der Waals surface area contributed by atoms with Gasteiger partial charge in [-0.3, -0.25) is 9.59 Å². The van der Waals surface area contributed by atoms with Gasteiger partial charge >= 0.3 is 0 Å². The maximum atomic E-state index is 12.9. The van der Waals surface area contributed by atoms with Crippen LogP contribution in [0.4, 0.5) is 0 Å². The maximum absolute atomic E-state index is 12.9. The molecule has 1 fully saturated rings. The predicted molar refractivity (Wildman–Crippen MR) is 110 cm³/mol. The Hall–Kier alpha value is -2.35. The van der Waals surface area contributed by atoms with Crippen LogP contribution in [0.15, 0.2) is 41.3 Å². The molecule has 0 radical (unpaired) electrons. The highest BCUT2D eigenvalue weighted by atomic mass is 35.5. The van der Waals surface area contributed by atoms with E-state index in [1.165, 1.54) is 29.4 Å². The zero-order chi connectivity index (χ0) is 20.4. The van der Waals surface area contributed by atoms with E-state index in [0.717, 1.165) is 4.88 Å². The third kappa shape index (κ3) is 3.78. The summed E-state index contributed by atoms with van der Waals surface area (Å²) in [6, 6.07) is 7.82. The van der Waals surface area contributed by atoms with Crippen LogP contribution in [0.5, 0.6) is 5.75 Å². The normalized spacial score (nSPS) is 18.9. The first-order valence-electron chi connectivity index (χ1n) is 8.65. The van der Waals surface area contributed by atoms with Gasteiger partial charge in [0.05, 0.1) is 24.3 Å². The fourth-order valence-corrected chi connectivity index (χ4v) is 4.19. The van der Waals surface area contributed by atoms with Crippen molar-refractivity contribution in [3.63, 3.8) is 0 Å². The molecule has 1 amide bonds. The molecule has 1 aliphatic heterocycles. The lowest BCUT2D eigenvalue weighted by Crippen LogP contribution is -2.35. The molecule has 0 bridgehead atoms. The number of carbonyl (C=O) groups is 2. The Morgan fingerprint density at radius 1 is 1.32 bits per heavy atom. The number of likely N-dealkylation sites (N-methyl/N-ethyl adjacent to an activating group) is 1. The number of hydrogen-bond acceptors (Lipinski definition) is 6. The Morgan fingerprint density at radius 3 is 2.68 bits per heavy atom. The lowest BCUT2D eigenvalue weighted by atomic mass is 9.99. The van der Waals surface area contributed by atoms with Crippen molar-refractivity contribution in [3.8, 4) is 5.75 Å². The molecule has 2 heterocycles. The smallest absolute Gasteiger partial charge is 0.295 e. The van der Waals surface area contributed by atoms with Gasteiger partial charge in [-0.1, -0.05) is 17.7 Å². The Bertz CT molecular complexity index is 924. The highest BCUT2D eigenvalue weighted by Crippen LogP contribution is 2.42.